The van der Waals surface area contributed by atoms with Crippen molar-refractivity contribution in [2.45, 2.75) is 6.42 Å². The van der Waals surface area contributed by atoms with E-state index in [1.54, 1.807) is 30.3 Å². The third kappa shape index (κ3) is 4.31. The summed E-state index contributed by atoms with van der Waals surface area (Å²) in [5.41, 5.74) is 1.16. The summed E-state index contributed by atoms with van der Waals surface area (Å²) >= 11 is 0. The van der Waals surface area contributed by atoms with E-state index in [1.807, 2.05) is 0 Å². The summed E-state index contributed by atoms with van der Waals surface area (Å²) < 4.78 is 25.8. The van der Waals surface area contributed by atoms with Crippen molar-refractivity contribution >= 4 is 11.8 Å². The van der Waals surface area contributed by atoms with Crippen molar-refractivity contribution < 1.29 is 33.3 Å². The monoisotopic (exact) mass is 374 g/mol. The van der Waals surface area contributed by atoms with Gasteiger partial charge in [0.05, 0.1) is 42.0 Å². The molecule has 0 bridgehead atoms. The van der Waals surface area contributed by atoms with E-state index in [2.05, 4.69) is 0 Å². The molecule has 27 heavy (non-hydrogen) atoms. The van der Waals surface area contributed by atoms with Gasteiger partial charge < -0.3 is 23.7 Å². The maximum Gasteiger partial charge on any atom is 0.310 e. The van der Waals surface area contributed by atoms with Crippen molar-refractivity contribution in [2.75, 3.05) is 35.5 Å². The van der Waals surface area contributed by atoms with Gasteiger partial charge in [-0.15, -0.1) is 0 Å². The van der Waals surface area contributed by atoms with Crippen LogP contribution in [0.25, 0.3) is 0 Å². The van der Waals surface area contributed by atoms with Gasteiger partial charge in [-0.3, -0.25) is 9.59 Å². The van der Waals surface area contributed by atoms with Crippen molar-refractivity contribution in [2.24, 2.45) is 0 Å². The van der Waals surface area contributed by atoms with Crippen LogP contribution in [-0.4, -0.2) is 47.3 Å². The molecule has 0 spiro atoms. The molecule has 0 fully saturated rings. The maximum absolute atomic E-state index is 13.1. The van der Waals surface area contributed by atoms with E-state index < -0.39 is 5.97 Å². The molecule has 0 saturated heterocycles. The molecule has 2 aromatic rings. The average molecular weight is 374 g/mol. The van der Waals surface area contributed by atoms with Crippen molar-refractivity contribution in [3.63, 3.8) is 0 Å². The molecule has 0 aliphatic heterocycles. The predicted octanol–water partition coefficient (Wildman–Crippen LogP) is 2.67. The number of methoxy groups -OCH3 is 5. The molecule has 0 radical (unpaired) electrons. The van der Waals surface area contributed by atoms with Crippen LogP contribution in [0.15, 0.2) is 30.3 Å². The van der Waals surface area contributed by atoms with Gasteiger partial charge in [-0.1, -0.05) is 0 Å². The molecule has 0 aromatic heterocycles. The number of hydrogen-bond acceptors (Lipinski definition) is 7. The van der Waals surface area contributed by atoms with Crippen LogP contribution in [0.1, 0.15) is 21.5 Å². The SMILES string of the molecule is COC(=O)Cc1cc(OC)c(OC)cc1C(=O)c1ccc(OC)c(OC)c1. The second-order valence-corrected chi connectivity index (χ2v) is 5.52. The Kier molecular flexibility index (Phi) is 6.65. The molecule has 7 nitrogen and oxygen atoms in total. The molecule has 0 heterocycles. The van der Waals surface area contributed by atoms with Crippen LogP contribution in [0.3, 0.4) is 0 Å². The summed E-state index contributed by atoms with van der Waals surface area (Å²) in [4.78, 5) is 24.9. The number of ether oxygens (including phenoxy) is 5. The van der Waals surface area contributed by atoms with Crippen LogP contribution < -0.4 is 18.9 Å². The Hall–Kier alpha value is -3.22. The topological polar surface area (TPSA) is 80.3 Å². The first kappa shape index (κ1) is 20.1. The molecule has 2 rings (SSSR count). The summed E-state index contributed by atoms with van der Waals surface area (Å²) in [7, 11) is 7.25. The molecule has 0 unspecified atom stereocenters. The van der Waals surface area contributed by atoms with E-state index in [-0.39, 0.29) is 12.2 Å². The first-order valence-corrected chi connectivity index (χ1v) is 8.07. The average Bonchev–Trinajstić information content (AvgIpc) is 2.71. The summed E-state index contributed by atoms with van der Waals surface area (Å²) in [6.07, 6.45) is -0.0782. The van der Waals surface area contributed by atoms with Gasteiger partial charge in [-0.05, 0) is 35.9 Å². The molecular formula is C20H22O7. The summed E-state index contributed by atoms with van der Waals surface area (Å²) in [6.45, 7) is 0. The largest absolute Gasteiger partial charge is 0.493 e. The van der Waals surface area contributed by atoms with Gasteiger partial charge in [0.2, 0.25) is 0 Å². The van der Waals surface area contributed by atoms with Crippen molar-refractivity contribution in [1.29, 1.82) is 0 Å². The lowest BCUT2D eigenvalue weighted by Gasteiger charge is -2.15. The number of ketones is 1. The van der Waals surface area contributed by atoms with Gasteiger partial charge in [0.25, 0.3) is 0 Å². The van der Waals surface area contributed by atoms with Crippen LogP contribution in [-0.2, 0) is 16.0 Å². The van der Waals surface area contributed by atoms with Gasteiger partial charge in [0.1, 0.15) is 0 Å². The molecular weight excluding hydrogens is 352 g/mol. The fourth-order valence-electron chi connectivity index (χ4n) is 2.64. The summed E-state index contributed by atoms with van der Waals surface area (Å²) in [6, 6.07) is 8.01. The molecule has 0 atom stereocenters. The van der Waals surface area contributed by atoms with Gasteiger partial charge in [0, 0.05) is 11.1 Å². The van der Waals surface area contributed by atoms with Gasteiger partial charge in [0.15, 0.2) is 28.8 Å². The smallest absolute Gasteiger partial charge is 0.310 e. The number of esters is 1. The minimum absolute atomic E-state index is 0.0782. The first-order valence-electron chi connectivity index (χ1n) is 8.07. The molecule has 144 valence electrons. The predicted molar refractivity (Wildman–Crippen MR) is 98.2 cm³/mol. The zero-order valence-electron chi connectivity index (χ0n) is 16.0. The van der Waals surface area contributed by atoms with Crippen LogP contribution in [0, 0.1) is 0 Å². The molecule has 0 amide bonds. The Morgan fingerprint density at radius 1 is 0.741 bits per heavy atom. The van der Waals surface area contributed by atoms with Crippen molar-refractivity contribution in [3.8, 4) is 23.0 Å². The number of benzene rings is 2. The van der Waals surface area contributed by atoms with E-state index >= 15 is 0 Å². The standard InChI is InChI=1S/C20H22O7/c1-23-15-7-6-12(8-16(15)24-2)20(22)14-11-18(26-4)17(25-3)9-13(14)10-19(21)27-5/h6-9,11H,10H2,1-5H3. The van der Waals surface area contributed by atoms with E-state index in [4.69, 9.17) is 23.7 Å². The molecule has 0 aliphatic rings. The van der Waals surface area contributed by atoms with E-state index in [1.165, 1.54) is 35.5 Å². The van der Waals surface area contributed by atoms with E-state index in [0.717, 1.165) is 0 Å². The third-order valence-electron chi connectivity index (χ3n) is 4.06. The summed E-state index contributed by atoms with van der Waals surface area (Å²) in [5, 5.41) is 0. The Balaban J connectivity index is 2.57. The number of carbonyl (C=O) groups is 2. The van der Waals surface area contributed by atoms with Gasteiger partial charge in [-0.25, -0.2) is 0 Å². The maximum atomic E-state index is 13.1. The zero-order valence-corrected chi connectivity index (χ0v) is 16.0. The lowest BCUT2D eigenvalue weighted by atomic mass is 9.95. The van der Waals surface area contributed by atoms with Crippen molar-refractivity contribution in [3.05, 3.63) is 47.0 Å². The normalized spacial score (nSPS) is 10.1. The minimum Gasteiger partial charge on any atom is -0.493 e. The quantitative estimate of drug-likeness (QED) is 0.519. The van der Waals surface area contributed by atoms with Crippen LogP contribution in [0.4, 0.5) is 0 Å². The van der Waals surface area contributed by atoms with Gasteiger partial charge in [-0.2, -0.15) is 0 Å². The molecule has 0 N–H and O–H groups in total. The summed E-state index contributed by atoms with van der Waals surface area (Å²) in [5.74, 6) is 0.976. The lowest BCUT2D eigenvalue weighted by Crippen LogP contribution is -2.12. The molecule has 7 heteroatoms. The molecule has 2 aromatic carbocycles. The second kappa shape index (κ2) is 8.93. The lowest BCUT2D eigenvalue weighted by molar-refractivity contribution is -0.139. The molecule has 0 saturated carbocycles. The highest BCUT2D eigenvalue weighted by Gasteiger charge is 2.21. The zero-order chi connectivity index (χ0) is 20.0. The van der Waals surface area contributed by atoms with E-state index in [9.17, 15) is 9.59 Å². The highest BCUT2D eigenvalue weighted by atomic mass is 16.5. The van der Waals surface area contributed by atoms with Gasteiger partial charge >= 0.3 is 5.97 Å². The molecule has 0 aliphatic carbocycles. The fourth-order valence-corrected chi connectivity index (χ4v) is 2.64. The Bertz CT molecular complexity index is 842. The Morgan fingerprint density at radius 2 is 1.30 bits per heavy atom. The third-order valence-corrected chi connectivity index (χ3v) is 4.06. The second-order valence-electron chi connectivity index (χ2n) is 5.52. The highest BCUT2D eigenvalue weighted by Crippen LogP contribution is 2.34. The number of rotatable bonds is 8. The fraction of sp³-hybridized carbons (Fsp3) is 0.300. The first-order chi connectivity index (χ1) is 13.0. The van der Waals surface area contributed by atoms with Crippen LogP contribution in [0.2, 0.25) is 0 Å². The van der Waals surface area contributed by atoms with Crippen molar-refractivity contribution in [1.82, 2.24) is 0 Å². The van der Waals surface area contributed by atoms with Crippen LogP contribution in [0.5, 0.6) is 23.0 Å². The Labute approximate surface area is 157 Å². The number of carbonyl (C=O) groups excluding carboxylic acids is 2. The Morgan fingerprint density at radius 3 is 1.85 bits per heavy atom. The highest BCUT2D eigenvalue weighted by molar-refractivity contribution is 6.11. The van der Waals surface area contributed by atoms with Crippen LogP contribution >= 0.6 is 0 Å². The van der Waals surface area contributed by atoms with E-state index in [0.29, 0.717) is 39.7 Å². The minimum atomic E-state index is -0.469. The number of hydrogen-bond donors (Lipinski definition) is 0.